The standard InChI is InChI=1S/C17H31NSi/c1-6-13-18-14-17(7-2,15-19(3,4)5)16-11-9-8-10-12-16/h8-12,18H,6-7,13-15H2,1-5H3. The molecule has 0 aliphatic carbocycles. The molecule has 1 atom stereocenters. The van der Waals surface area contributed by atoms with Crippen molar-refractivity contribution in [1.29, 1.82) is 0 Å². The van der Waals surface area contributed by atoms with Crippen LogP contribution < -0.4 is 5.32 Å². The monoisotopic (exact) mass is 277 g/mol. The van der Waals surface area contributed by atoms with Gasteiger partial charge in [-0.1, -0.05) is 63.8 Å². The highest BCUT2D eigenvalue weighted by atomic mass is 28.3. The Morgan fingerprint density at radius 2 is 1.68 bits per heavy atom. The Kier molecular flexibility index (Phi) is 6.28. The Bertz CT molecular complexity index is 355. The van der Waals surface area contributed by atoms with Crippen LogP contribution in [0.5, 0.6) is 0 Å². The molecule has 0 fully saturated rings. The van der Waals surface area contributed by atoms with E-state index in [2.05, 4.69) is 69.1 Å². The zero-order chi connectivity index (χ0) is 14.4. The van der Waals surface area contributed by atoms with Crippen molar-refractivity contribution in [3.63, 3.8) is 0 Å². The van der Waals surface area contributed by atoms with Crippen LogP contribution in [0.3, 0.4) is 0 Å². The van der Waals surface area contributed by atoms with Crippen molar-refractivity contribution in [2.45, 2.75) is 57.8 Å². The lowest BCUT2D eigenvalue weighted by atomic mass is 9.79. The van der Waals surface area contributed by atoms with Crippen molar-refractivity contribution in [3.05, 3.63) is 35.9 Å². The molecule has 1 unspecified atom stereocenters. The molecule has 0 radical (unpaired) electrons. The average molecular weight is 278 g/mol. The van der Waals surface area contributed by atoms with Gasteiger partial charge in [-0.25, -0.2) is 0 Å². The predicted molar refractivity (Wildman–Crippen MR) is 89.7 cm³/mol. The molecule has 108 valence electrons. The molecule has 0 saturated heterocycles. The molecule has 2 heteroatoms. The molecular weight excluding hydrogens is 246 g/mol. The molecule has 0 heterocycles. The Morgan fingerprint density at radius 3 is 2.16 bits per heavy atom. The summed E-state index contributed by atoms with van der Waals surface area (Å²) >= 11 is 0. The second-order valence-electron chi connectivity index (χ2n) is 6.91. The van der Waals surface area contributed by atoms with Crippen molar-refractivity contribution >= 4 is 8.07 Å². The summed E-state index contributed by atoms with van der Waals surface area (Å²) in [7, 11) is -1.10. The van der Waals surface area contributed by atoms with Gasteiger partial charge < -0.3 is 5.32 Å². The number of nitrogens with one attached hydrogen (secondary N) is 1. The minimum Gasteiger partial charge on any atom is -0.316 e. The summed E-state index contributed by atoms with van der Waals surface area (Å²) in [5.74, 6) is 0. The quantitative estimate of drug-likeness (QED) is 0.538. The summed E-state index contributed by atoms with van der Waals surface area (Å²) in [6.45, 7) is 14.3. The normalized spacial score (nSPS) is 15.2. The first kappa shape index (κ1) is 16.5. The first-order chi connectivity index (χ1) is 8.93. The van der Waals surface area contributed by atoms with Gasteiger partial charge in [0.25, 0.3) is 0 Å². The molecule has 1 N–H and O–H groups in total. The third-order valence-electron chi connectivity index (χ3n) is 3.82. The topological polar surface area (TPSA) is 12.0 Å². The number of benzene rings is 1. The van der Waals surface area contributed by atoms with E-state index in [0.29, 0.717) is 5.41 Å². The van der Waals surface area contributed by atoms with Crippen molar-refractivity contribution < 1.29 is 0 Å². The van der Waals surface area contributed by atoms with Gasteiger partial charge in [-0.2, -0.15) is 0 Å². The van der Waals surface area contributed by atoms with Crippen LogP contribution in [0.25, 0.3) is 0 Å². The number of hydrogen-bond donors (Lipinski definition) is 1. The largest absolute Gasteiger partial charge is 0.316 e. The molecule has 0 spiro atoms. The smallest absolute Gasteiger partial charge is 0.0451 e. The summed E-state index contributed by atoms with van der Waals surface area (Å²) in [6.07, 6.45) is 2.43. The molecule has 0 aliphatic rings. The molecule has 1 aromatic carbocycles. The highest BCUT2D eigenvalue weighted by Crippen LogP contribution is 2.36. The van der Waals surface area contributed by atoms with E-state index in [9.17, 15) is 0 Å². The summed E-state index contributed by atoms with van der Waals surface area (Å²) in [6, 6.07) is 12.5. The van der Waals surface area contributed by atoms with E-state index in [1.807, 2.05) is 0 Å². The maximum absolute atomic E-state index is 3.67. The maximum Gasteiger partial charge on any atom is 0.0451 e. The average Bonchev–Trinajstić information content (AvgIpc) is 2.37. The third kappa shape index (κ3) is 5.11. The van der Waals surface area contributed by atoms with Gasteiger partial charge in [0, 0.05) is 20.0 Å². The van der Waals surface area contributed by atoms with Gasteiger partial charge in [-0.3, -0.25) is 0 Å². The fourth-order valence-corrected chi connectivity index (χ4v) is 5.64. The molecule has 1 aromatic rings. The first-order valence-corrected chi connectivity index (χ1v) is 11.4. The summed E-state index contributed by atoms with van der Waals surface area (Å²) < 4.78 is 0. The second kappa shape index (κ2) is 7.25. The van der Waals surface area contributed by atoms with E-state index in [-0.39, 0.29) is 0 Å². The van der Waals surface area contributed by atoms with Crippen LogP contribution in [0.2, 0.25) is 25.7 Å². The van der Waals surface area contributed by atoms with Crippen LogP contribution >= 0.6 is 0 Å². The minimum absolute atomic E-state index is 0.320. The molecule has 0 aromatic heterocycles. The minimum atomic E-state index is -1.10. The van der Waals surface area contributed by atoms with Gasteiger partial charge in [0.15, 0.2) is 0 Å². The van der Waals surface area contributed by atoms with Crippen LogP contribution in [-0.4, -0.2) is 21.2 Å². The highest BCUT2D eigenvalue weighted by molar-refractivity contribution is 6.76. The Labute approximate surface area is 120 Å². The summed E-state index contributed by atoms with van der Waals surface area (Å²) in [4.78, 5) is 0. The van der Waals surface area contributed by atoms with Crippen LogP contribution in [0.15, 0.2) is 30.3 Å². The van der Waals surface area contributed by atoms with E-state index in [1.54, 1.807) is 0 Å². The molecule has 0 saturated carbocycles. The van der Waals surface area contributed by atoms with E-state index in [4.69, 9.17) is 0 Å². The lowest BCUT2D eigenvalue weighted by Crippen LogP contribution is -2.43. The second-order valence-corrected chi connectivity index (χ2v) is 12.4. The lowest BCUT2D eigenvalue weighted by Gasteiger charge is -2.38. The third-order valence-corrected chi connectivity index (χ3v) is 5.56. The molecular formula is C17H31NSi. The zero-order valence-electron chi connectivity index (χ0n) is 13.4. The lowest BCUT2D eigenvalue weighted by molar-refractivity contribution is 0.412. The SMILES string of the molecule is CCCNCC(CC)(C[Si](C)(C)C)c1ccccc1. The predicted octanol–water partition coefficient (Wildman–Crippen LogP) is 4.67. The molecule has 1 rings (SSSR count). The first-order valence-electron chi connectivity index (χ1n) is 7.70. The van der Waals surface area contributed by atoms with Crippen LogP contribution in [0.4, 0.5) is 0 Å². The van der Waals surface area contributed by atoms with Gasteiger partial charge in [0.05, 0.1) is 0 Å². The fourth-order valence-electron chi connectivity index (χ4n) is 3.03. The molecule has 0 aliphatic heterocycles. The van der Waals surface area contributed by atoms with Crippen molar-refractivity contribution in [2.75, 3.05) is 13.1 Å². The Balaban J connectivity index is 2.99. The fraction of sp³-hybridized carbons (Fsp3) is 0.647. The van der Waals surface area contributed by atoms with Crippen molar-refractivity contribution in [3.8, 4) is 0 Å². The Morgan fingerprint density at radius 1 is 1.05 bits per heavy atom. The van der Waals surface area contributed by atoms with Crippen LogP contribution in [0, 0.1) is 0 Å². The van der Waals surface area contributed by atoms with Gasteiger partial charge in [0.1, 0.15) is 0 Å². The number of rotatable bonds is 8. The molecule has 19 heavy (non-hydrogen) atoms. The summed E-state index contributed by atoms with van der Waals surface area (Å²) in [5.41, 5.74) is 1.84. The van der Waals surface area contributed by atoms with E-state index >= 15 is 0 Å². The van der Waals surface area contributed by atoms with Crippen molar-refractivity contribution in [2.24, 2.45) is 0 Å². The van der Waals surface area contributed by atoms with Gasteiger partial charge >= 0.3 is 0 Å². The van der Waals surface area contributed by atoms with E-state index in [0.717, 1.165) is 13.1 Å². The van der Waals surface area contributed by atoms with Gasteiger partial charge in [0.2, 0.25) is 0 Å². The highest BCUT2D eigenvalue weighted by Gasteiger charge is 2.34. The maximum atomic E-state index is 3.67. The molecule has 1 nitrogen and oxygen atoms in total. The zero-order valence-corrected chi connectivity index (χ0v) is 14.4. The number of hydrogen-bond acceptors (Lipinski definition) is 1. The summed E-state index contributed by atoms with van der Waals surface area (Å²) in [5, 5.41) is 3.67. The molecule has 0 bridgehead atoms. The van der Waals surface area contributed by atoms with Crippen molar-refractivity contribution in [1.82, 2.24) is 5.32 Å². The van der Waals surface area contributed by atoms with Gasteiger partial charge in [-0.15, -0.1) is 0 Å². The van der Waals surface area contributed by atoms with E-state index in [1.165, 1.54) is 24.4 Å². The van der Waals surface area contributed by atoms with Gasteiger partial charge in [-0.05, 0) is 31.0 Å². The van der Waals surface area contributed by atoms with E-state index < -0.39 is 8.07 Å². The molecule has 0 amide bonds. The Hall–Kier alpha value is -0.603. The van der Waals surface area contributed by atoms with Crippen LogP contribution in [0.1, 0.15) is 32.3 Å². The van der Waals surface area contributed by atoms with Crippen LogP contribution in [-0.2, 0) is 5.41 Å².